The summed E-state index contributed by atoms with van der Waals surface area (Å²) < 4.78 is 28.0. The number of benzene rings is 1. The molecule has 2 saturated carbocycles. The molecule has 0 spiro atoms. The molecule has 1 aromatic rings. The van der Waals surface area contributed by atoms with Crippen molar-refractivity contribution in [1.29, 1.82) is 0 Å². The lowest BCUT2D eigenvalue weighted by Gasteiger charge is -2.17. The number of nitrogens with one attached hydrogen (secondary N) is 2. The van der Waals surface area contributed by atoms with Crippen LogP contribution in [0.3, 0.4) is 0 Å². The van der Waals surface area contributed by atoms with Crippen molar-refractivity contribution >= 4 is 15.7 Å². The van der Waals surface area contributed by atoms with Crippen LogP contribution >= 0.6 is 0 Å². The van der Waals surface area contributed by atoms with Gasteiger partial charge in [0, 0.05) is 13.1 Å². The molecule has 0 radical (unpaired) electrons. The highest BCUT2D eigenvalue weighted by Crippen LogP contribution is 2.60. The van der Waals surface area contributed by atoms with E-state index in [1.807, 2.05) is 12.1 Å². The summed E-state index contributed by atoms with van der Waals surface area (Å²) in [6.07, 6.45) is 5.87. The topological polar surface area (TPSA) is 58.2 Å². The van der Waals surface area contributed by atoms with Crippen molar-refractivity contribution in [2.75, 3.05) is 18.4 Å². The van der Waals surface area contributed by atoms with Gasteiger partial charge < -0.3 is 5.32 Å². The lowest BCUT2D eigenvalue weighted by molar-refractivity contribution is 0.432. The molecule has 0 amide bonds. The van der Waals surface area contributed by atoms with E-state index in [9.17, 15) is 8.42 Å². The van der Waals surface area contributed by atoms with Gasteiger partial charge in [0.25, 0.3) is 0 Å². The van der Waals surface area contributed by atoms with Gasteiger partial charge in [-0.15, -0.1) is 0 Å². The number of para-hydroxylation sites is 1. The highest BCUT2D eigenvalue weighted by molar-refractivity contribution is 7.89. The molecule has 2 N–H and O–H groups in total. The summed E-state index contributed by atoms with van der Waals surface area (Å²) in [5, 5.41) is 3.20. The van der Waals surface area contributed by atoms with Crippen LogP contribution in [-0.4, -0.2) is 21.5 Å². The van der Waals surface area contributed by atoms with E-state index in [1.54, 1.807) is 12.1 Å². The van der Waals surface area contributed by atoms with Crippen LogP contribution in [0.2, 0.25) is 0 Å². The largest absolute Gasteiger partial charge is 0.384 e. The maximum atomic E-state index is 12.6. The van der Waals surface area contributed by atoms with Gasteiger partial charge in [-0.05, 0) is 55.6 Å². The van der Waals surface area contributed by atoms with Gasteiger partial charge in [0.2, 0.25) is 10.0 Å². The molecule has 0 unspecified atom stereocenters. The summed E-state index contributed by atoms with van der Waals surface area (Å²) in [5.41, 5.74) is 0.974. The third-order valence-corrected chi connectivity index (χ3v) is 6.15. The SMILES string of the molecule is CCCNc1ccccc1S(=O)(=O)NCC1(C2CC2)CC1. The van der Waals surface area contributed by atoms with Crippen LogP contribution in [-0.2, 0) is 10.0 Å². The zero-order valence-corrected chi connectivity index (χ0v) is 13.4. The second kappa shape index (κ2) is 5.61. The van der Waals surface area contributed by atoms with Gasteiger partial charge in [0.15, 0.2) is 0 Å². The number of anilines is 1. The van der Waals surface area contributed by atoms with Crippen molar-refractivity contribution in [2.45, 2.75) is 43.9 Å². The van der Waals surface area contributed by atoms with E-state index in [0.717, 1.165) is 18.9 Å². The molecule has 0 saturated heterocycles. The molecule has 2 fully saturated rings. The first-order valence-electron chi connectivity index (χ1n) is 7.90. The second-order valence-electron chi connectivity index (χ2n) is 6.38. The molecule has 3 rings (SSSR count). The summed E-state index contributed by atoms with van der Waals surface area (Å²) >= 11 is 0. The first-order chi connectivity index (χ1) is 10.1. The summed E-state index contributed by atoms with van der Waals surface area (Å²) in [5.74, 6) is 0.758. The zero-order valence-electron chi connectivity index (χ0n) is 12.6. The van der Waals surface area contributed by atoms with Gasteiger partial charge in [0.1, 0.15) is 4.90 Å². The molecular weight excluding hydrogens is 284 g/mol. The lowest BCUT2D eigenvalue weighted by Crippen LogP contribution is -2.31. The maximum absolute atomic E-state index is 12.6. The van der Waals surface area contributed by atoms with Crippen molar-refractivity contribution in [2.24, 2.45) is 11.3 Å². The quantitative estimate of drug-likeness (QED) is 0.776. The monoisotopic (exact) mass is 308 g/mol. The van der Waals surface area contributed by atoms with Gasteiger partial charge in [-0.25, -0.2) is 13.1 Å². The molecule has 2 aliphatic rings. The Balaban J connectivity index is 1.72. The van der Waals surface area contributed by atoms with E-state index < -0.39 is 10.0 Å². The van der Waals surface area contributed by atoms with E-state index in [2.05, 4.69) is 17.0 Å². The minimum atomic E-state index is -3.43. The Bertz CT molecular complexity index is 604. The molecule has 116 valence electrons. The number of hydrogen-bond acceptors (Lipinski definition) is 3. The molecule has 0 heterocycles. The molecule has 4 nitrogen and oxygen atoms in total. The highest BCUT2D eigenvalue weighted by Gasteiger charge is 2.53. The zero-order chi connectivity index (χ0) is 14.9. The Morgan fingerprint density at radius 3 is 2.57 bits per heavy atom. The standard InChI is InChI=1S/C16H24N2O2S/c1-2-11-17-14-5-3-4-6-15(14)21(19,20)18-12-16(9-10-16)13-7-8-13/h3-6,13,17-18H,2,7-12H2,1H3. The van der Waals surface area contributed by atoms with Crippen LogP contribution in [0.1, 0.15) is 39.0 Å². The molecule has 5 heteroatoms. The average Bonchev–Trinajstić information content (AvgIpc) is 3.36. The molecule has 0 bridgehead atoms. The molecule has 1 aromatic carbocycles. The number of rotatable bonds is 8. The Morgan fingerprint density at radius 1 is 1.24 bits per heavy atom. The number of sulfonamides is 1. The first-order valence-corrected chi connectivity index (χ1v) is 9.38. The highest BCUT2D eigenvalue weighted by atomic mass is 32.2. The van der Waals surface area contributed by atoms with Crippen molar-refractivity contribution in [3.63, 3.8) is 0 Å². The van der Waals surface area contributed by atoms with Crippen molar-refractivity contribution < 1.29 is 8.42 Å². The van der Waals surface area contributed by atoms with E-state index >= 15 is 0 Å². The lowest BCUT2D eigenvalue weighted by atomic mass is 10.0. The minimum Gasteiger partial charge on any atom is -0.384 e. The van der Waals surface area contributed by atoms with Crippen molar-refractivity contribution in [3.8, 4) is 0 Å². The minimum absolute atomic E-state index is 0.277. The fourth-order valence-corrected chi connectivity index (χ4v) is 4.33. The average molecular weight is 308 g/mol. The fraction of sp³-hybridized carbons (Fsp3) is 0.625. The third-order valence-electron chi connectivity index (χ3n) is 4.69. The molecule has 2 aliphatic carbocycles. The van der Waals surface area contributed by atoms with Crippen LogP contribution in [0.5, 0.6) is 0 Å². The van der Waals surface area contributed by atoms with E-state index in [0.29, 0.717) is 17.1 Å². The predicted molar refractivity (Wildman–Crippen MR) is 84.8 cm³/mol. The van der Waals surface area contributed by atoms with Gasteiger partial charge in [-0.1, -0.05) is 19.1 Å². The van der Waals surface area contributed by atoms with Crippen LogP contribution in [0.4, 0.5) is 5.69 Å². The van der Waals surface area contributed by atoms with Crippen LogP contribution in [0.15, 0.2) is 29.2 Å². The van der Waals surface area contributed by atoms with E-state index in [4.69, 9.17) is 0 Å². The van der Waals surface area contributed by atoms with Crippen molar-refractivity contribution in [3.05, 3.63) is 24.3 Å². The molecule has 0 aliphatic heterocycles. The summed E-state index contributed by atoms with van der Waals surface area (Å²) in [6, 6.07) is 7.15. The van der Waals surface area contributed by atoms with Gasteiger partial charge in [0.05, 0.1) is 5.69 Å². The number of hydrogen-bond donors (Lipinski definition) is 2. The normalized spacial score (nSPS) is 20.2. The molecule has 0 atom stereocenters. The van der Waals surface area contributed by atoms with Crippen molar-refractivity contribution in [1.82, 2.24) is 4.72 Å². The van der Waals surface area contributed by atoms with Gasteiger partial charge in [-0.3, -0.25) is 0 Å². The Kier molecular flexibility index (Phi) is 3.97. The Hall–Kier alpha value is -1.07. The third kappa shape index (κ3) is 3.24. The van der Waals surface area contributed by atoms with Crippen LogP contribution in [0, 0.1) is 11.3 Å². The predicted octanol–water partition coefficient (Wildman–Crippen LogP) is 2.98. The molecule has 0 aromatic heterocycles. The second-order valence-corrected chi connectivity index (χ2v) is 8.12. The summed E-state index contributed by atoms with van der Waals surface area (Å²) in [7, 11) is -3.43. The Labute approximate surface area is 127 Å². The van der Waals surface area contributed by atoms with E-state index in [-0.39, 0.29) is 5.41 Å². The summed E-state index contributed by atoms with van der Waals surface area (Å²) in [4.78, 5) is 0.366. The Morgan fingerprint density at radius 2 is 1.95 bits per heavy atom. The smallest absolute Gasteiger partial charge is 0.242 e. The summed E-state index contributed by atoms with van der Waals surface area (Å²) in [6.45, 7) is 3.44. The first kappa shape index (κ1) is 14.9. The molecular formula is C16H24N2O2S. The van der Waals surface area contributed by atoms with Crippen LogP contribution in [0.25, 0.3) is 0 Å². The van der Waals surface area contributed by atoms with E-state index in [1.165, 1.54) is 25.7 Å². The van der Waals surface area contributed by atoms with Gasteiger partial charge >= 0.3 is 0 Å². The fourth-order valence-electron chi connectivity index (χ4n) is 3.01. The molecule has 21 heavy (non-hydrogen) atoms. The maximum Gasteiger partial charge on any atom is 0.242 e. The van der Waals surface area contributed by atoms with Gasteiger partial charge in [-0.2, -0.15) is 0 Å². The van der Waals surface area contributed by atoms with Crippen LogP contribution < -0.4 is 10.0 Å².